The van der Waals surface area contributed by atoms with Crippen LogP contribution in [0.15, 0.2) is 33.9 Å². The number of anilines is 1. The Labute approximate surface area is 143 Å². The van der Waals surface area contributed by atoms with Gasteiger partial charge in [-0.2, -0.15) is 0 Å². The predicted octanol–water partition coefficient (Wildman–Crippen LogP) is 0.727. The van der Waals surface area contributed by atoms with Crippen molar-refractivity contribution in [3.63, 3.8) is 0 Å². The molecule has 7 nitrogen and oxygen atoms in total. The SMILES string of the molecule is C[C@H](N[C@H](C)C(=O)c1c(N)n(C)c(=O)n(C)c1=O)c1cccc(F)c1. The number of rotatable bonds is 5. The summed E-state index contributed by atoms with van der Waals surface area (Å²) in [4.78, 5) is 36.8. The fraction of sp³-hybridized carbons (Fsp3) is 0.353. The molecule has 0 saturated carbocycles. The third kappa shape index (κ3) is 3.53. The Bertz CT molecular complexity index is 932. The zero-order chi connectivity index (χ0) is 18.9. The summed E-state index contributed by atoms with van der Waals surface area (Å²) in [7, 11) is 2.68. The minimum Gasteiger partial charge on any atom is -0.384 e. The summed E-state index contributed by atoms with van der Waals surface area (Å²) in [5.74, 6) is -1.08. The maximum Gasteiger partial charge on any atom is 0.332 e. The molecule has 0 saturated heterocycles. The Morgan fingerprint density at radius 2 is 1.84 bits per heavy atom. The van der Waals surface area contributed by atoms with Crippen molar-refractivity contribution < 1.29 is 9.18 Å². The van der Waals surface area contributed by atoms with Crippen LogP contribution in [0.1, 0.15) is 35.8 Å². The topological polar surface area (TPSA) is 99.1 Å². The molecule has 134 valence electrons. The minimum absolute atomic E-state index is 0.176. The third-order valence-electron chi connectivity index (χ3n) is 4.20. The van der Waals surface area contributed by atoms with E-state index in [0.717, 1.165) is 9.13 Å². The monoisotopic (exact) mass is 348 g/mol. The van der Waals surface area contributed by atoms with E-state index in [-0.39, 0.29) is 23.2 Å². The van der Waals surface area contributed by atoms with Gasteiger partial charge in [0.25, 0.3) is 5.56 Å². The first kappa shape index (κ1) is 18.6. The molecule has 0 bridgehead atoms. The highest BCUT2D eigenvalue weighted by Crippen LogP contribution is 2.15. The van der Waals surface area contributed by atoms with Gasteiger partial charge in [-0.3, -0.25) is 18.7 Å². The van der Waals surface area contributed by atoms with Gasteiger partial charge in [0, 0.05) is 20.1 Å². The molecule has 0 unspecified atom stereocenters. The largest absolute Gasteiger partial charge is 0.384 e. The number of aromatic nitrogens is 2. The Hall–Kier alpha value is -2.74. The molecule has 1 aromatic carbocycles. The second kappa shape index (κ2) is 7.02. The minimum atomic E-state index is -0.759. The van der Waals surface area contributed by atoms with Gasteiger partial charge >= 0.3 is 5.69 Å². The van der Waals surface area contributed by atoms with Gasteiger partial charge in [-0.25, -0.2) is 9.18 Å². The van der Waals surface area contributed by atoms with Crippen molar-refractivity contribution >= 4 is 11.6 Å². The molecule has 0 radical (unpaired) electrons. The van der Waals surface area contributed by atoms with Crippen LogP contribution in [0, 0.1) is 5.82 Å². The van der Waals surface area contributed by atoms with Crippen LogP contribution < -0.4 is 22.3 Å². The van der Waals surface area contributed by atoms with Gasteiger partial charge in [-0.15, -0.1) is 0 Å². The van der Waals surface area contributed by atoms with Gasteiger partial charge < -0.3 is 11.1 Å². The molecular weight excluding hydrogens is 327 g/mol. The van der Waals surface area contributed by atoms with E-state index in [1.54, 1.807) is 26.0 Å². The molecule has 25 heavy (non-hydrogen) atoms. The van der Waals surface area contributed by atoms with E-state index < -0.39 is 23.1 Å². The summed E-state index contributed by atoms with van der Waals surface area (Å²) >= 11 is 0. The maximum absolute atomic E-state index is 13.3. The summed E-state index contributed by atoms with van der Waals surface area (Å²) in [5, 5.41) is 3.02. The Morgan fingerprint density at radius 3 is 2.44 bits per heavy atom. The van der Waals surface area contributed by atoms with Gasteiger partial charge in [0.2, 0.25) is 0 Å². The molecule has 2 atom stereocenters. The van der Waals surface area contributed by atoms with E-state index in [4.69, 9.17) is 5.73 Å². The normalized spacial score (nSPS) is 13.5. The van der Waals surface area contributed by atoms with Crippen LogP contribution in [0.3, 0.4) is 0 Å². The van der Waals surface area contributed by atoms with Crippen LogP contribution >= 0.6 is 0 Å². The number of hydrogen-bond acceptors (Lipinski definition) is 5. The van der Waals surface area contributed by atoms with Crippen LogP contribution in [0.4, 0.5) is 10.2 Å². The smallest absolute Gasteiger partial charge is 0.332 e. The molecule has 2 aromatic rings. The predicted molar refractivity (Wildman–Crippen MR) is 93.1 cm³/mol. The van der Waals surface area contributed by atoms with Crippen LogP contribution in [-0.2, 0) is 14.1 Å². The fourth-order valence-corrected chi connectivity index (χ4v) is 2.63. The number of nitrogens with two attached hydrogens (primary N) is 1. The first-order valence-electron chi connectivity index (χ1n) is 7.76. The quantitative estimate of drug-likeness (QED) is 0.776. The highest BCUT2D eigenvalue weighted by Gasteiger charge is 2.25. The van der Waals surface area contributed by atoms with E-state index in [1.165, 1.54) is 26.2 Å². The Kier molecular flexibility index (Phi) is 5.22. The molecule has 2 rings (SSSR count). The van der Waals surface area contributed by atoms with Gasteiger partial charge in [-0.1, -0.05) is 12.1 Å². The lowest BCUT2D eigenvalue weighted by atomic mass is 10.0. The Morgan fingerprint density at radius 1 is 1.20 bits per heavy atom. The first-order valence-corrected chi connectivity index (χ1v) is 7.76. The van der Waals surface area contributed by atoms with Crippen molar-refractivity contribution in [1.29, 1.82) is 0 Å². The number of carbonyl (C=O) groups excluding carboxylic acids is 1. The molecule has 8 heteroatoms. The van der Waals surface area contributed by atoms with Crippen LogP contribution in [0.25, 0.3) is 0 Å². The van der Waals surface area contributed by atoms with Gasteiger partial charge in [0.1, 0.15) is 17.2 Å². The van der Waals surface area contributed by atoms with E-state index in [1.807, 2.05) is 0 Å². The molecule has 0 aliphatic carbocycles. The highest BCUT2D eigenvalue weighted by molar-refractivity contribution is 6.03. The average Bonchev–Trinajstić information content (AvgIpc) is 2.58. The number of nitrogen functional groups attached to an aromatic ring is 1. The number of nitrogens with one attached hydrogen (secondary N) is 1. The van der Waals surface area contributed by atoms with E-state index in [0.29, 0.717) is 5.56 Å². The van der Waals surface area contributed by atoms with Gasteiger partial charge in [0.15, 0.2) is 5.78 Å². The van der Waals surface area contributed by atoms with E-state index in [2.05, 4.69) is 5.32 Å². The number of ketones is 1. The lowest BCUT2D eigenvalue weighted by Crippen LogP contribution is -2.45. The molecule has 0 fully saturated rings. The summed E-state index contributed by atoms with van der Waals surface area (Å²) < 4.78 is 15.2. The molecule has 1 aromatic heterocycles. The van der Waals surface area contributed by atoms with Crippen molar-refractivity contribution in [1.82, 2.24) is 14.5 Å². The lowest BCUT2D eigenvalue weighted by Gasteiger charge is -2.20. The van der Waals surface area contributed by atoms with E-state index >= 15 is 0 Å². The van der Waals surface area contributed by atoms with Crippen molar-refractivity contribution in [2.45, 2.75) is 25.9 Å². The second-order valence-electron chi connectivity index (χ2n) is 6.00. The summed E-state index contributed by atoms with van der Waals surface area (Å²) in [6.07, 6.45) is 0. The zero-order valence-electron chi connectivity index (χ0n) is 14.5. The second-order valence-corrected chi connectivity index (χ2v) is 6.00. The molecule has 1 heterocycles. The van der Waals surface area contributed by atoms with Gasteiger partial charge in [-0.05, 0) is 31.5 Å². The number of benzene rings is 1. The number of halogens is 1. The molecule has 0 aliphatic rings. The number of nitrogens with zero attached hydrogens (tertiary/aromatic N) is 2. The zero-order valence-corrected chi connectivity index (χ0v) is 14.5. The van der Waals surface area contributed by atoms with Crippen LogP contribution in [-0.4, -0.2) is 21.0 Å². The summed E-state index contributed by atoms with van der Waals surface area (Å²) in [6, 6.07) is 4.93. The fourth-order valence-electron chi connectivity index (χ4n) is 2.63. The Balaban J connectivity index is 2.32. The van der Waals surface area contributed by atoms with Crippen molar-refractivity contribution in [2.75, 3.05) is 5.73 Å². The summed E-state index contributed by atoms with van der Waals surface area (Å²) in [6.45, 7) is 3.36. The molecule has 3 N–H and O–H groups in total. The van der Waals surface area contributed by atoms with Gasteiger partial charge in [0.05, 0.1) is 6.04 Å². The number of hydrogen-bond donors (Lipinski definition) is 2. The van der Waals surface area contributed by atoms with Crippen LogP contribution in [0.2, 0.25) is 0 Å². The number of Topliss-reactive ketones (excluding diaryl/α,β-unsaturated/α-hetero) is 1. The molecular formula is C17H21FN4O3. The average molecular weight is 348 g/mol. The third-order valence-corrected chi connectivity index (χ3v) is 4.20. The molecule has 0 amide bonds. The summed E-state index contributed by atoms with van der Waals surface area (Å²) in [5.41, 5.74) is 4.89. The van der Waals surface area contributed by atoms with Crippen molar-refractivity contribution in [2.24, 2.45) is 14.1 Å². The molecule has 0 aliphatic heterocycles. The van der Waals surface area contributed by atoms with Crippen molar-refractivity contribution in [3.8, 4) is 0 Å². The van der Waals surface area contributed by atoms with Crippen molar-refractivity contribution in [3.05, 3.63) is 62.0 Å². The molecule has 0 spiro atoms. The lowest BCUT2D eigenvalue weighted by molar-refractivity contribution is 0.0943. The van der Waals surface area contributed by atoms with Crippen LogP contribution in [0.5, 0.6) is 0 Å². The standard InChI is InChI=1S/C17H21FN4O3/c1-9(11-6-5-7-12(18)8-11)20-10(2)14(23)13-15(19)21(3)17(25)22(4)16(13)24/h5-10,20H,19H2,1-4H3/t9-,10+/m0/s1. The maximum atomic E-state index is 13.3. The number of carbonyl (C=O) groups is 1. The first-order chi connectivity index (χ1) is 11.6. The van der Waals surface area contributed by atoms with E-state index in [9.17, 15) is 18.8 Å². The highest BCUT2D eigenvalue weighted by atomic mass is 19.1.